The minimum atomic E-state index is -0.116. The predicted octanol–water partition coefficient (Wildman–Crippen LogP) is 2.80. The van der Waals surface area contributed by atoms with E-state index in [-0.39, 0.29) is 11.8 Å². The number of rotatable bonds is 8. The van der Waals surface area contributed by atoms with Gasteiger partial charge in [-0.1, -0.05) is 18.2 Å². The molecule has 0 spiro atoms. The van der Waals surface area contributed by atoms with Gasteiger partial charge in [0.25, 0.3) is 5.91 Å². The number of hydrogen-bond acceptors (Lipinski definition) is 4. The molecule has 148 valence electrons. The molecule has 1 aliphatic rings. The Morgan fingerprint density at radius 2 is 1.89 bits per heavy atom. The van der Waals surface area contributed by atoms with Gasteiger partial charge >= 0.3 is 0 Å². The Bertz CT molecular complexity index is 850. The van der Waals surface area contributed by atoms with E-state index in [1.54, 1.807) is 20.3 Å². The SMILES string of the molecule is COc1ccc(CCNC(=O)c2cccc(CN3CCCC3=O)c2)cc1OC. The normalized spacial score (nSPS) is 13.5. The molecule has 6 nitrogen and oxygen atoms in total. The number of carbonyl (C=O) groups is 2. The zero-order chi connectivity index (χ0) is 19.9. The number of hydrogen-bond donors (Lipinski definition) is 1. The van der Waals surface area contributed by atoms with Crippen molar-refractivity contribution in [1.29, 1.82) is 0 Å². The fourth-order valence-electron chi connectivity index (χ4n) is 3.36. The lowest BCUT2D eigenvalue weighted by Gasteiger charge is -2.16. The third-order valence-corrected chi connectivity index (χ3v) is 4.88. The zero-order valence-electron chi connectivity index (χ0n) is 16.4. The summed E-state index contributed by atoms with van der Waals surface area (Å²) in [5.74, 6) is 1.43. The summed E-state index contributed by atoms with van der Waals surface area (Å²) in [5.41, 5.74) is 2.64. The Morgan fingerprint density at radius 3 is 2.61 bits per heavy atom. The molecule has 1 heterocycles. The van der Waals surface area contributed by atoms with E-state index in [4.69, 9.17) is 9.47 Å². The average Bonchev–Trinajstić information content (AvgIpc) is 3.12. The van der Waals surface area contributed by atoms with Crippen LogP contribution in [-0.2, 0) is 17.8 Å². The number of nitrogens with zero attached hydrogens (tertiary/aromatic N) is 1. The maximum Gasteiger partial charge on any atom is 0.251 e. The molecule has 0 saturated carbocycles. The molecule has 2 amide bonds. The Balaban J connectivity index is 1.55. The Morgan fingerprint density at radius 1 is 1.07 bits per heavy atom. The van der Waals surface area contributed by atoms with Crippen molar-refractivity contribution in [2.24, 2.45) is 0 Å². The van der Waals surface area contributed by atoms with E-state index >= 15 is 0 Å². The van der Waals surface area contributed by atoms with Gasteiger partial charge in [-0.3, -0.25) is 9.59 Å². The quantitative estimate of drug-likeness (QED) is 0.762. The molecule has 0 radical (unpaired) electrons. The van der Waals surface area contributed by atoms with Crippen LogP contribution in [0.25, 0.3) is 0 Å². The first-order valence-corrected chi connectivity index (χ1v) is 9.46. The number of ether oxygens (including phenoxy) is 2. The van der Waals surface area contributed by atoms with Crippen LogP contribution in [0.3, 0.4) is 0 Å². The van der Waals surface area contributed by atoms with Crippen LogP contribution >= 0.6 is 0 Å². The van der Waals surface area contributed by atoms with Crippen molar-refractivity contribution in [2.45, 2.75) is 25.8 Å². The highest BCUT2D eigenvalue weighted by Crippen LogP contribution is 2.27. The fourth-order valence-corrected chi connectivity index (χ4v) is 3.36. The highest BCUT2D eigenvalue weighted by atomic mass is 16.5. The number of benzene rings is 2. The first-order chi connectivity index (χ1) is 13.6. The molecule has 3 rings (SSSR count). The predicted molar refractivity (Wildman–Crippen MR) is 107 cm³/mol. The summed E-state index contributed by atoms with van der Waals surface area (Å²) in [7, 11) is 3.21. The third-order valence-electron chi connectivity index (χ3n) is 4.88. The second kappa shape index (κ2) is 9.26. The molecular formula is C22H26N2O4. The summed E-state index contributed by atoms with van der Waals surface area (Å²) < 4.78 is 10.5. The monoisotopic (exact) mass is 382 g/mol. The lowest BCUT2D eigenvalue weighted by atomic mass is 10.1. The first kappa shape index (κ1) is 19.7. The molecule has 28 heavy (non-hydrogen) atoms. The molecule has 1 N–H and O–H groups in total. The maximum absolute atomic E-state index is 12.5. The fraction of sp³-hybridized carbons (Fsp3) is 0.364. The van der Waals surface area contributed by atoms with Gasteiger partial charge in [-0.05, 0) is 48.2 Å². The van der Waals surface area contributed by atoms with Crippen LogP contribution in [0.4, 0.5) is 0 Å². The highest BCUT2D eigenvalue weighted by molar-refractivity contribution is 5.94. The van der Waals surface area contributed by atoms with Crippen LogP contribution in [0.5, 0.6) is 11.5 Å². The smallest absolute Gasteiger partial charge is 0.251 e. The van der Waals surface area contributed by atoms with Crippen molar-refractivity contribution in [3.63, 3.8) is 0 Å². The summed E-state index contributed by atoms with van der Waals surface area (Å²) in [5, 5.41) is 2.95. The van der Waals surface area contributed by atoms with E-state index in [0.717, 1.165) is 24.1 Å². The standard InChI is InChI=1S/C22H26N2O4/c1-27-19-9-8-16(14-20(19)28-2)10-11-23-22(26)18-6-3-5-17(13-18)15-24-12-4-7-21(24)25/h3,5-6,8-9,13-14H,4,7,10-12,15H2,1-2H3,(H,23,26). The number of methoxy groups -OCH3 is 2. The minimum absolute atomic E-state index is 0.116. The van der Waals surface area contributed by atoms with E-state index in [1.807, 2.05) is 41.3 Å². The minimum Gasteiger partial charge on any atom is -0.493 e. The van der Waals surface area contributed by atoms with E-state index in [9.17, 15) is 9.59 Å². The van der Waals surface area contributed by atoms with Crippen molar-refractivity contribution in [2.75, 3.05) is 27.3 Å². The van der Waals surface area contributed by atoms with Crippen molar-refractivity contribution in [1.82, 2.24) is 10.2 Å². The summed E-state index contributed by atoms with van der Waals surface area (Å²) in [6, 6.07) is 13.2. The van der Waals surface area contributed by atoms with Crippen LogP contribution in [0.1, 0.15) is 34.3 Å². The number of likely N-dealkylation sites (tertiary alicyclic amines) is 1. The number of carbonyl (C=O) groups excluding carboxylic acids is 2. The molecule has 1 aliphatic heterocycles. The second-order valence-corrected chi connectivity index (χ2v) is 6.81. The van der Waals surface area contributed by atoms with Crippen LogP contribution in [-0.4, -0.2) is 44.0 Å². The van der Waals surface area contributed by atoms with Gasteiger partial charge in [0.1, 0.15) is 0 Å². The highest BCUT2D eigenvalue weighted by Gasteiger charge is 2.20. The summed E-state index contributed by atoms with van der Waals surface area (Å²) >= 11 is 0. The first-order valence-electron chi connectivity index (χ1n) is 9.46. The Hall–Kier alpha value is -3.02. The number of amides is 2. The molecule has 0 aromatic heterocycles. The van der Waals surface area contributed by atoms with Gasteiger partial charge in [0.2, 0.25) is 5.91 Å². The summed E-state index contributed by atoms with van der Waals surface area (Å²) in [6.45, 7) is 1.87. The Labute approximate surface area is 165 Å². The van der Waals surface area contributed by atoms with E-state index < -0.39 is 0 Å². The van der Waals surface area contributed by atoms with Gasteiger partial charge in [0.05, 0.1) is 14.2 Å². The van der Waals surface area contributed by atoms with Gasteiger partial charge in [-0.2, -0.15) is 0 Å². The zero-order valence-corrected chi connectivity index (χ0v) is 16.4. The molecule has 2 aromatic carbocycles. The average molecular weight is 382 g/mol. The van der Waals surface area contributed by atoms with Gasteiger partial charge in [0.15, 0.2) is 11.5 Å². The van der Waals surface area contributed by atoms with Crippen LogP contribution in [0, 0.1) is 0 Å². The lowest BCUT2D eigenvalue weighted by molar-refractivity contribution is -0.128. The van der Waals surface area contributed by atoms with Crippen molar-refractivity contribution in [3.05, 3.63) is 59.2 Å². The van der Waals surface area contributed by atoms with Crippen LogP contribution in [0.15, 0.2) is 42.5 Å². The second-order valence-electron chi connectivity index (χ2n) is 6.81. The lowest BCUT2D eigenvalue weighted by Crippen LogP contribution is -2.26. The van der Waals surface area contributed by atoms with Crippen LogP contribution < -0.4 is 14.8 Å². The van der Waals surface area contributed by atoms with Crippen molar-refractivity contribution in [3.8, 4) is 11.5 Å². The van der Waals surface area contributed by atoms with E-state index in [2.05, 4.69) is 5.32 Å². The van der Waals surface area contributed by atoms with E-state index in [0.29, 0.717) is 43.0 Å². The van der Waals surface area contributed by atoms with E-state index in [1.165, 1.54) is 0 Å². The van der Waals surface area contributed by atoms with Gasteiger partial charge < -0.3 is 19.7 Å². The molecule has 6 heteroatoms. The topological polar surface area (TPSA) is 67.9 Å². The van der Waals surface area contributed by atoms with Gasteiger partial charge in [-0.25, -0.2) is 0 Å². The molecule has 0 atom stereocenters. The van der Waals surface area contributed by atoms with Crippen molar-refractivity contribution < 1.29 is 19.1 Å². The molecule has 0 bridgehead atoms. The maximum atomic E-state index is 12.5. The molecule has 0 aliphatic carbocycles. The molecule has 2 aromatic rings. The molecule has 1 saturated heterocycles. The summed E-state index contributed by atoms with van der Waals surface area (Å²) in [4.78, 5) is 26.1. The largest absolute Gasteiger partial charge is 0.493 e. The van der Waals surface area contributed by atoms with Gasteiger partial charge in [0, 0.05) is 31.6 Å². The molecule has 1 fully saturated rings. The third kappa shape index (κ3) is 4.82. The molecular weight excluding hydrogens is 356 g/mol. The van der Waals surface area contributed by atoms with Crippen molar-refractivity contribution >= 4 is 11.8 Å². The van der Waals surface area contributed by atoms with Crippen LogP contribution in [0.2, 0.25) is 0 Å². The Kier molecular flexibility index (Phi) is 6.53. The number of nitrogens with one attached hydrogen (secondary N) is 1. The summed E-state index contributed by atoms with van der Waals surface area (Å²) in [6.07, 6.45) is 2.22. The molecule has 0 unspecified atom stereocenters. The van der Waals surface area contributed by atoms with Gasteiger partial charge in [-0.15, -0.1) is 0 Å².